The fourth-order valence-electron chi connectivity index (χ4n) is 1.06. The van der Waals surface area contributed by atoms with Gasteiger partial charge in [0.2, 0.25) is 5.91 Å². The standard InChI is InChI=1S/C11H17NO.2C2H6/c1-5-7-11(8-6-2)9(3)12-10(4)13;2*1-2/h5-9H,1H2,2-4H3,(H,12,13);2*1-2H3/b8-6-,11-7+;;. The van der Waals surface area contributed by atoms with E-state index >= 15 is 0 Å². The van der Waals surface area contributed by atoms with Gasteiger partial charge in [0.05, 0.1) is 6.04 Å². The predicted molar refractivity (Wildman–Crippen MR) is 79.1 cm³/mol. The highest BCUT2D eigenvalue weighted by Crippen LogP contribution is 2.04. The lowest BCUT2D eigenvalue weighted by Gasteiger charge is -2.13. The van der Waals surface area contributed by atoms with Gasteiger partial charge in [0.1, 0.15) is 0 Å². The lowest BCUT2D eigenvalue weighted by molar-refractivity contribution is -0.119. The van der Waals surface area contributed by atoms with Gasteiger partial charge in [-0.1, -0.05) is 58.6 Å². The van der Waals surface area contributed by atoms with Gasteiger partial charge < -0.3 is 5.32 Å². The molecule has 2 heteroatoms. The number of allylic oxidation sites excluding steroid dienone is 3. The number of hydrogen-bond donors (Lipinski definition) is 1. The van der Waals surface area contributed by atoms with Crippen LogP contribution in [0, 0.1) is 0 Å². The van der Waals surface area contributed by atoms with E-state index in [2.05, 4.69) is 11.9 Å². The Morgan fingerprint density at radius 2 is 1.71 bits per heavy atom. The van der Waals surface area contributed by atoms with E-state index in [4.69, 9.17) is 0 Å². The third-order valence-corrected chi connectivity index (χ3v) is 1.59. The minimum Gasteiger partial charge on any atom is -0.350 e. The molecule has 100 valence electrons. The SMILES string of the molecule is C=C/C=C(\C=C/C)C(C)NC(C)=O.CC.CC. The largest absolute Gasteiger partial charge is 0.350 e. The second-order valence-corrected chi connectivity index (χ2v) is 2.82. The molecular weight excluding hydrogens is 210 g/mol. The molecule has 0 saturated carbocycles. The van der Waals surface area contributed by atoms with Gasteiger partial charge in [-0.3, -0.25) is 4.79 Å². The Bertz CT molecular complexity index is 239. The number of hydrogen-bond acceptors (Lipinski definition) is 1. The van der Waals surface area contributed by atoms with Crippen LogP contribution in [0.3, 0.4) is 0 Å². The maximum atomic E-state index is 10.8. The molecule has 1 amide bonds. The highest BCUT2D eigenvalue weighted by atomic mass is 16.1. The summed E-state index contributed by atoms with van der Waals surface area (Å²) in [7, 11) is 0. The van der Waals surface area contributed by atoms with Crippen LogP contribution < -0.4 is 5.32 Å². The molecule has 0 spiro atoms. The van der Waals surface area contributed by atoms with Crippen molar-refractivity contribution in [2.45, 2.75) is 54.5 Å². The van der Waals surface area contributed by atoms with Crippen LogP contribution >= 0.6 is 0 Å². The van der Waals surface area contributed by atoms with Crippen LogP contribution in [0.1, 0.15) is 48.5 Å². The van der Waals surface area contributed by atoms with Crippen LogP contribution in [-0.4, -0.2) is 11.9 Å². The van der Waals surface area contributed by atoms with Gasteiger partial charge in [0.25, 0.3) is 0 Å². The fraction of sp³-hybridized carbons (Fsp3) is 0.533. The average Bonchev–Trinajstić information content (AvgIpc) is 2.33. The van der Waals surface area contributed by atoms with Gasteiger partial charge in [-0.2, -0.15) is 0 Å². The van der Waals surface area contributed by atoms with Crippen LogP contribution in [0.15, 0.2) is 36.5 Å². The molecule has 0 aliphatic rings. The Hall–Kier alpha value is -1.31. The molecule has 0 bridgehead atoms. The third-order valence-electron chi connectivity index (χ3n) is 1.59. The molecule has 0 aliphatic heterocycles. The molecule has 1 unspecified atom stereocenters. The second-order valence-electron chi connectivity index (χ2n) is 2.82. The molecule has 2 nitrogen and oxygen atoms in total. The van der Waals surface area contributed by atoms with E-state index in [0.29, 0.717) is 0 Å². The quantitative estimate of drug-likeness (QED) is 0.730. The molecule has 17 heavy (non-hydrogen) atoms. The van der Waals surface area contributed by atoms with E-state index in [1.807, 2.05) is 59.8 Å². The topological polar surface area (TPSA) is 29.1 Å². The van der Waals surface area contributed by atoms with E-state index in [9.17, 15) is 4.79 Å². The molecular formula is C15H29NO. The first-order valence-electron chi connectivity index (χ1n) is 6.34. The van der Waals surface area contributed by atoms with Crippen molar-refractivity contribution >= 4 is 5.91 Å². The maximum Gasteiger partial charge on any atom is 0.217 e. The van der Waals surface area contributed by atoms with Gasteiger partial charge in [-0.15, -0.1) is 0 Å². The van der Waals surface area contributed by atoms with Crippen LogP contribution in [0.25, 0.3) is 0 Å². The van der Waals surface area contributed by atoms with Gasteiger partial charge in [0.15, 0.2) is 0 Å². The molecule has 0 aliphatic carbocycles. The molecule has 0 saturated heterocycles. The Labute approximate surface area is 108 Å². The van der Waals surface area contributed by atoms with Crippen LogP contribution in [0.4, 0.5) is 0 Å². The molecule has 1 N–H and O–H groups in total. The molecule has 0 aromatic heterocycles. The van der Waals surface area contributed by atoms with Crippen molar-refractivity contribution in [3.63, 3.8) is 0 Å². The van der Waals surface area contributed by atoms with Crippen molar-refractivity contribution < 1.29 is 4.79 Å². The summed E-state index contributed by atoms with van der Waals surface area (Å²) in [4.78, 5) is 10.8. The zero-order valence-corrected chi connectivity index (χ0v) is 12.5. The molecule has 0 radical (unpaired) electrons. The number of carbonyl (C=O) groups excluding carboxylic acids is 1. The average molecular weight is 239 g/mol. The lowest BCUT2D eigenvalue weighted by Crippen LogP contribution is -2.31. The molecule has 0 aromatic rings. The summed E-state index contributed by atoms with van der Waals surface area (Å²) in [6.07, 6.45) is 7.50. The Balaban J connectivity index is -0.000000439. The third kappa shape index (κ3) is 14.7. The van der Waals surface area contributed by atoms with Crippen molar-refractivity contribution in [3.05, 3.63) is 36.5 Å². The number of carbonyl (C=O) groups is 1. The lowest BCUT2D eigenvalue weighted by atomic mass is 10.1. The fourth-order valence-corrected chi connectivity index (χ4v) is 1.06. The van der Waals surface area contributed by atoms with Crippen molar-refractivity contribution in [1.82, 2.24) is 5.32 Å². The summed E-state index contributed by atoms with van der Waals surface area (Å²) < 4.78 is 0. The first-order chi connectivity index (χ1) is 8.11. The highest BCUT2D eigenvalue weighted by Gasteiger charge is 2.05. The van der Waals surface area contributed by atoms with Crippen LogP contribution in [-0.2, 0) is 4.79 Å². The van der Waals surface area contributed by atoms with Crippen molar-refractivity contribution in [1.29, 1.82) is 0 Å². The summed E-state index contributed by atoms with van der Waals surface area (Å²) in [5, 5.41) is 2.81. The van der Waals surface area contributed by atoms with Crippen molar-refractivity contribution in [2.75, 3.05) is 0 Å². The Morgan fingerprint density at radius 1 is 1.24 bits per heavy atom. The highest BCUT2D eigenvalue weighted by molar-refractivity contribution is 5.73. The summed E-state index contributed by atoms with van der Waals surface area (Å²) in [6, 6.07) is 0.0340. The van der Waals surface area contributed by atoms with Crippen LogP contribution in [0.2, 0.25) is 0 Å². The first-order valence-corrected chi connectivity index (χ1v) is 6.34. The summed E-state index contributed by atoms with van der Waals surface area (Å²) in [6.45, 7) is 17.0. The molecule has 0 aromatic carbocycles. The Morgan fingerprint density at radius 3 is 2.00 bits per heavy atom. The molecule has 0 rings (SSSR count). The van der Waals surface area contributed by atoms with Crippen LogP contribution in [0.5, 0.6) is 0 Å². The van der Waals surface area contributed by atoms with Gasteiger partial charge in [0, 0.05) is 6.92 Å². The molecule has 1 atom stereocenters. The van der Waals surface area contributed by atoms with Gasteiger partial charge >= 0.3 is 0 Å². The van der Waals surface area contributed by atoms with E-state index in [0.717, 1.165) is 5.57 Å². The monoisotopic (exact) mass is 239 g/mol. The molecule has 0 heterocycles. The number of rotatable bonds is 4. The summed E-state index contributed by atoms with van der Waals surface area (Å²) in [5.41, 5.74) is 1.05. The molecule has 0 fully saturated rings. The zero-order valence-electron chi connectivity index (χ0n) is 12.5. The van der Waals surface area contributed by atoms with E-state index in [1.165, 1.54) is 6.92 Å². The minimum absolute atomic E-state index is 0.0213. The number of nitrogens with one attached hydrogen (secondary N) is 1. The predicted octanol–water partition coefficient (Wildman–Crippen LogP) is 4.25. The zero-order chi connectivity index (χ0) is 14.3. The van der Waals surface area contributed by atoms with Gasteiger partial charge in [-0.25, -0.2) is 0 Å². The van der Waals surface area contributed by atoms with E-state index in [1.54, 1.807) is 6.08 Å². The van der Waals surface area contributed by atoms with E-state index in [-0.39, 0.29) is 11.9 Å². The smallest absolute Gasteiger partial charge is 0.217 e. The summed E-state index contributed by atoms with van der Waals surface area (Å²) in [5.74, 6) is -0.0213. The second kappa shape index (κ2) is 17.1. The van der Waals surface area contributed by atoms with Crippen molar-refractivity contribution in [2.24, 2.45) is 0 Å². The summed E-state index contributed by atoms with van der Waals surface area (Å²) >= 11 is 0. The van der Waals surface area contributed by atoms with Crippen molar-refractivity contribution in [3.8, 4) is 0 Å². The minimum atomic E-state index is -0.0213. The normalized spacial score (nSPS) is 11.6. The maximum absolute atomic E-state index is 10.8. The number of amides is 1. The first kappa shape index (κ1) is 21.0. The van der Waals surface area contributed by atoms with E-state index < -0.39 is 0 Å². The van der Waals surface area contributed by atoms with Gasteiger partial charge in [-0.05, 0) is 19.4 Å². The Kier molecular flexibility index (Phi) is 21.1.